The minimum atomic E-state index is -3.42. The van der Waals surface area contributed by atoms with Gasteiger partial charge >= 0.3 is 19.8 Å². The van der Waals surface area contributed by atoms with Gasteiger partial charge in [0.15, 0.2) is 9.84 Å². The van der Waals surface area contributed by atoms with E-state index in [1.54, 1.807) is 6.92 Å². The van der Waals surface area contributed by atoms with Crippen molar-refractivity contribution in [2.75, 3.05) is 19.0 Å². The molecule has 37 heavy (non-hydrogen) atoms. The van der Waals surface area contributed by atoms with Crippen molar-refractivity contribution >= 4 is 24.3 Å². The topological polar surface area (TPSA) is 107 Å². The number of rotatable bonds is 27. The van der Waals surface area contributed by atoms with Crippen LogP contribution in [0.5, 0.6) is 0 Å². The van der Waals surface area contributed by atoms with Gasteiger partial charge in [0.2, 0.25) is 0 Å². The zero-order valence-corrected chi connectivity index (χ0v) is 25.9. The highest BCUT2D eigenvalue weighted by atomic mass is 32.2. The quantitative estimate of drug-likeness (QED) is 0.0801. The van der Waals surface area contributed by atoms with Crippen molar-refractivity contribution in [1.82, 2.24) is 0 Å². The molecule has 0 saturated heterocycles. The molecule has 7 nitrogen and oxygen atoms in total. The molecule has 0 aromatic heterocycles. The molecule has 0 amide bonds. The number of carboxylic acids is 1. The number of aliphatic carboxylic acids is 1. The molecule has 0 saturated carbocycles. The summed E-state index contributed by atoms with van der Waals surface area (Å²) < 4.78 is 49.7. The molecule has 9 heteroatoms. The zero-order chi connectivity index (χ0) is 28.0. The SMILES string of the molecule is CCCCCCCCCCCCS(=O)(=O)C(CCCCCCC)C(C)OCC(OCCC)([PH+]=O)C(=O)O. The summed E-state index contributed by atoms with van der Waals surface area (Å²) in [5.41, 5.74) is 0. The van der Waals surface area contributed by atoms with Crippen molar-refractivity contribution in [2.45, 2.75) is 154 Å². The molecule has 0 aliphatic rings. The molecule has 0 aromatic carbocycles. The Labute approximate surface area is 229 Å². The maximum absolute atomic E-state index is 13.3. The van der Waals surface area contributed by atoms with Crippen molar-refractivity contribution in [3.63, 3.8) is 0 Å². The Morgan fingerprint density at radius 1 is 0.811 bits per heavy atom. The van der Waals surface area contributed by atoms with E-state index in [1.165, 1.54) is 38.5 Å². The molecule has 4 atom stereocenters. The molecule has 4 unspecified atom stereocenters. The van der Waals surface area contributed by atoms with Gasteiger partial charge in [-0.25, -0.2) is 13.2 Å². The lowest BCUT2D eigenvalue weighted by Crippen LogP contribution is -2.44. The summed E-state index contributed by atoms with van der Waals surface area (Å²) in [6.07, 6.45) is 16.8. The van der Waals surface area contributed by atoms with Gasteiger partial charge < -0.3 is 14.6 Å². The van der Waals surface area contributed by atoms with Crippen LogP contribution < -0.4 is 0 Å². The normalized spacial score (nSPS) is 15.5. The number of hydrogen-bond acceptors (Lipinski definition) is 6. The number of unbranched alkanes of at least 4 members (excludes halogenated alkanes) is 13. The fraction of sp³-hybridized carbons (Fsp3) is 0.964. The first-order chi connectivity index (χ1) is 17.7. The highest BCUT2D eigenvalue weighted by molar-refractivity contribution is 7.92. The molecule has 0 aromatic rings. The van der Waals surface area contributed by atoms with E-state index >= 15 is 0 Å². The van der Waals surface area contributed by atoms with Crippen molar-refractivity contribution in [2.24, 2.45) is 0 Å². The van der Waals surface area contributed by atoms with Gasteiger partial charge in [0.25, 0.3) is 0 Å². The smallest absolute Gasteiger partial charge is 0.390 e. The van der Waals surface area contributed by atoms with Gasteiger partial charge in [0.1, 0.15) is 6.61 Å². The molecule has 1 N–H and O–H groups in total. The summed E-state index contributed by atoms with van der Waals surface area (Å²) in [6.45, 7) is 7.58. The average Bonchev–Trinajstić information content (AvgIpc) is 2.87. The third-order valence-corrected chi connectivity index (χ3v) is 10.2. The van der Waals surface area contributed by atoms with Gasteiger partial charge in [0, 0.05) is 0 Å². The van der Waals surface area contributed by atoms with E-state index < -0.39 is 47.6 Å². The monoisotopic (exact) mass is 567 g/mol. The number of ether oxygens (including phenoxy) is 2. The summed E-state index contributed by atoms with van der Waals surface area (Å²) >= 11 is 0. The van der Waals surface area contributed by atoms with Gasteiger partial charge in [0.05, 0.1) is 23.7 Å². The van der Waals surface area contributed by atoms with E-state index in [1.807, 2.05) is 6.92 Å². The Kier molecular flexibility index (Phi) is 21.9. The van der Waals surface area contributed by atoms with Crippen LogP contribution in [-0.2, 0) is 28.7 Å². The Morgan fingerprint density at radius 2 is 1.30 bits per heavy atom. The molecule has 0 spiro atoms. The van der Waals surface area contributed by atoms with Gasteiger partial charge in [-0.3, -0.25) is 0 Å². The van der Waals surface area contributed by atoms with Crippen LogP contribution in [0.3, 0.4) is 0 Å². The molecule has 0 radical (unpaired) electrons. The van der Waals surface area contributed by atoms with Crippen molar-refractivity contribution in [1.29, 1.82) is 0 Å². The Morgan fingerprint density at radius 3 is 1.76 bits per heavy atom. The predicted molar refractivity (Wildman–Crippen MR) is 154 cm³/mol. The summed E-state index contributed by atoms with van der Waals surface area (Å²) in [4.78, 5) is 11.8. The average molecular weight is 568 g/mol. The van der Waals surface area contributed by atoms with E-state index in [0.717, 1.165) is 51.4 Å². The van der Waals surface area contributed by atoms with Crippen LogP contribution in [0.25, 0.3) is 0 Å². The maximum atomic E-state index is 13.3. The van der Waals surface area contributed by atoms with Gasteiger partial charge in [-0.1, -0.05) is 115 Å². The van der Waals surface area contributed by atoms with E-state index in [2.05, 4.69) is 13.8 Å². The summed E-state index contributed by atoms with van der Waals surface area (Å²) in [6, 6.07) is 0. The van der Waals surface area contributed by atoms with Crippen LogP contribution in [0.4, 0.5) is 0 Å². The first kappa shape index (κ1) is 36.4. The molecule has 0 heterocycles. The third kappa shape index (κ3) is 16.2. The molecule has 0 aliphatic heterocycles. The zero-order valence-electron chi connectivity index (χ0n) is 24.1. The Hall–Kier alpha value is -0.560. The fourth-order valence-corrected chi connectivity index (χ4v) is 6.99. The second kappa shape index (κ2) is 22.3. The van der Waals surface area contributed by atoms with E-state index in [4.69, 9.17) is 9.47 Å². The molecular formula is C28H56O7PS+. The van der Waals surface area contributed by atoms with E-state index in [-0.39, 0.29) is 12.4 Å². The fourth-order valence-electron chi connectivity index (χ4n) is 4.50. The number of sulfone groups is 1. The maximum Gasteiger partial charge on any atom is 0.390 e. The summed E-state index contributed by atoms with van der Waals surface area (Å²) in [7, 11) is -4.68. The molecule has 0 fully saturated rings. The number of carboxylic acid groups (broad SMARTS) is 1. The van der Waals surface area contributed by atoms with Crippen LogP contribution in [0.2, 0.25) is 0 Å². The predicted octanol–water partition coefficient (Wildman–Crippen LogP) is 7.69. The first-order valence-electron chi connectivity index (χ1n) is 14.8. The van der Waals surface area contributed by atoms with Crippen molar-refractivity contribution in [3.05, 3.63) is 0 Å². The highest BCUT2D eigenvalue weighted by Gasteiger charge is 2.50. The van der Waals surface area contributed by atoms with Crippen LogP contribution in [0.1, 0.15) is 137 Å². The highest BCUT2D eigenvalue weighted by Crippen LogP contribution is 2.29. The second-order valence-electron chi connectivity index (χ2n) is 10.4. The lowest BCUT2D eigenvalue weighted by atomic mass is 10.1. The lowest BCUT2D eigenvalue weighted by Gasteiger charge is -2.26. The minimum absolute atomic E-state index is 0.122. The van der Waals surface area contributed by atoms with E-state index in [0.29, 0.717) is 19.3 Å². The minimum Gasteiger partial charge on any atom is -0.476 e. The molecule has 0 rings (SSSR count). The first-order valence-corrected chi connectivity index (χ1v) is 17.4. The van der Waals surface area contributed by atoms with Crippen LogP contribution in [-0.4, -0.2) is 55.2 Å². The van der Waals surface area contributed by atoms with Crippen molar-refractivity contribution in [3.8, 4) is 0 Å². The van der Waals surface area contributed by atoms with E-state index in [9.17, 15) is 22.9 Å². The largest absolute Gasteiger partial charge is 0.476 e. The van der Waals surface area contributed by atoms with Gasteiger partial charge in [-0.05, 0) is 26.2 Å². The van der Waals surface area contributed by atoms with Gasteiger partial charge in [-0.2, -0.15) is 0 Å². The van der Waals surface area contributed by atoms with Crippen molar-refractivity contribution < 1.29 is 32.4 Å². The molecule has 0 aliphatic carbocycles. The van der Waals surface area contributed by atoms with Crippen LogP contribution in [0.15, 0.2) is 0 Å². The Bertz CT molecular complexity index is 686. The lowest BCUT2D eigenvalue weighted by molar-refractivity contribution is -0.162. The summed E-state index contributed by atoms with van der Waals surface area (Å²) in [5, 5.41) is 6.96. The molecular weight excluding hydrogens is 511 g/mol. The molecule has 220 valence electrons. The van der Waals surface area contributed by atoms with Gasteiger partial charge in [-0.15, -0.1) is 0 Å². The summed E-state index contributed by atoms with van der Waals surface area (Å²) in [5.74, 6) is -1.23. The number of hydrogen-bond donors (Lipinski definition) is 1. The number of carbonyl (C=O) groups is 1. The standard InChI is InChI=1S/C28H55O7PS/c1-5-8-10-12-13-14-15-16-18-20-23-37(32,33)26(21-19-17-11-9-6-2)25(4)34-24-28(36-31,27(29)30)35-22-7-3/h25-26H,5-24H2,1-4H3,(H,29,30)/p+1. The second-order valence-corrected chi connectivity index (χ2v) is 13.7. The Balaban J connectivity index is 4.96. The third-order valence-electron chi connectivity index (χ3n) is 6.97. The van der Waals surface area contributed by atoms with Crippen LogP contribution in [0, 0.1) is 0 Å². The van der Waals surface area contributed by atoms with Crippen LogP contribution >= 0.6 is 8.46 Å². The molecule has 0 bridgehead atoms.